The fourth-order valence-electron chi connectivity index (χ4n) is 2.33. The van der Waals surface area contributed by atoms with E-state index in [1.165, 1.54) is 7.11 Å². The maximum atomic E-state index is 11.4. The highest BCUT2D eigenvalue weighted by molar-refractivity contribution is 6.30. The largest absolute Gasteiger partial charge is 0.464 e. The predicted octanol–water partition coefficient (Wildman–Crippen LogP) is 4.79. The SMILES string of the molecule is COC(=O)c1ccc(-c2ccc(Oc3cc(Cl)ccc3C=O)cc2)cn1. The van der Waals surface area contributed by atoms with Crippen molar-refractivity contribution < 1.29 is 19.1 Å². The molecule has 2 aromatic carbocycles. The van der Waals surface area contributed by atoms with Crippen molar-refractivity contribution in [1.29, 1.82) is 0 Å². The number of aromatic nitrogens is 1. The standard InChI is InChI=1S/C20H14ClNO4/c1-25-20(24)18-9-5-14(11-22-18)13-3-7-17(8-4-13)26-19-10-16(21)6-2-15(19)12-23/h2-12H,1H3. The number of halogens is 1. The van der Waals surface area contributed by atoms with E-state index in [1.807, 2.05) is 12.1 Å². The van der Waals surface area contributed by atoms with Gasteiger partial charge in [-0.1, -0.05) is 29.8 Å². The van der Waals surface area contributed by atoms with Crippen molar-refractivity contribution in [3.05, 3.63) is 77.1 Å². The molecule has 0 saturated carbocycles. The maximum Gasteiger partial charge on any atom is 0.356 e. The van der Waals surface area contributed by atoms with E-state index in [9.17, 15) is 9.59 Å². The summed E-state index contributed by atoms with van der Waals surface area (Å²) < 4.78 is 10.4. The van der Waals surface area contributed by atoms with Crippen LogP contribution in [0.2, 0.25) is 5.02 Å². The number of aldehydes is 1. The zero-order valence-corrected chi connectivity index (χ0v) is 14.6. The first-order chi connectivity index (χ1) is 12.6. The van der Waals surface area contributed by atoms with Gasteiger partial charge in [-0.25, -0.2) is 9.78 Å². The minimum absolute atomic E-state index is 0.249. The van der Waals surface area contributed by atoms with Gasteiger partial charge in [0.2, 0.25) is 0 Å². The van der Waals surface area contributed by atoms with Gasteiger partial charge in [0, 0.05) is 22.8 Å². The number of hydrogen-bond donors (Lipinski definition) is 0. The second kappa shape index (κ2) is 7.80. The highest BCUT2D eigenvalue weighted by atomic mass is 35.5. The molecule has 1 aromatic heterocycles. The Morgan fingerprint density at radius 3 is 2.38 bits per heavy atom. The highest BCUT2D eigenvalue weighted by Gasteiger charge is 2.08. The normalized spacial score (nSPS) is 10.2. The molecule has 0 spiro atoms. The second-order valence-corrected chi connectivity index (χ2v) is 5.79. The number of nitrogens with zero attached hydrogens (tertiary/aromatic N) is 1. The Morgan fingerprint density at radius 1 is 1.04 bits per heavy atom. The van der Waals surface area contributed by atoms with Gasteiger partial charge >= 0.3 is 5.97 Å². The van der Waals surface area contributed by atoms with Crippen LogP contribution in [0.5, 0.6) is 11.5 Å². The zero-order valence-electron chi connectivity index (χ0n) is 13.8. The average Bonchev–Trinajstić information content (AvgIpc) is 2.68. The van der Waals surface area contributed by atoms with Gasteiger partial charge in [-0.05, 0) is 35.9 Å². The Morgan fingerprint density at radius 2 is 1.77 bits per heavy atom. The van der Waals surface area contributed by atoms with Crippen LogP contribution in [0.4, 0.5) is 0 Å². The highest BCUT2D eigenvalue weighted by Crippen LogP contribution is 2.29. The van der Waals surface area contributed by atoms with Crippen LogP contribution in [0.1, 0.15) is 20.8 Å². The van der Waals surface area contributed by atoms with Gasteiger partial charge in [0.05, 0.1) is 12.7 Å². The lowest BCUT2D eigenvalue weighted by molar-refractivity contribution is 0.0594. The van der Waals surface area contributed by atoms with Crippen molar-refractivity contribution in [3.63, 3.8) is 0 Å². The summed E-state index contributed by atoms with van der Waals surface area (Å²) >= 11 is 5.95. The van der Waals surface area contributed by atoms with E-state index in [0.717, 1.165) is 11.1 Å². The lowest BCUT2D eigenvalue weighted by Gasteiger charge is -2.09. The molecule has 3 aromatic rings. The molecule has 0 unspecified atom stereocenters. The predicted molar refractivity (Wildman–Crippen MR) is 97.9 cm³/mol. The van der Waals surface area contributed by atoms with Crippen molar-refractivity contribution in [1.82, 2.24) is 4.98 Å². The number of esters is 1. The maximum absolute atomic E-state index is 11.4. The van der Waals surface area contributed by atoms with Crippen LogP contribution in [0.3, 0.4) is 0 Å². The average molecular weight is 368 g/mol. The fourth-order valence-corrected chi connectivity index (χ4v) is 2.49. The van der Waals surface area contributed by atoms with Gasteiger partial charge in [-0.3, -0.25) is 4.79 Å². The summed E-state index contributed by atoms with van der Waals surface area (Å²) in [5.74, 6) is 0.482. The van der Waals surface area contributed by atoms with E-state index < -0.39 is 5.97 Å². The molecule has 1 heterocycles. The van der Waals surface area contributed by atoms with Crippen LogP contribution in [0.25, 0.3) is 11.1 Å². The van der Waals surface area contributed by atoms with Crippen LogP contribution >= 0.6 is 11.6 Å². The van der Waals surface area contributed by atoms with E-state index in [0.29, 0.717) is 28.4 Å². The molecule has 0 N–H and O–H groups in total. The molecule has 5 nitrogen and oxygen atoms in total. The number of hydrogen-bond acceptors (Lipinski definition) is 5. The van der Waals surface area contributed by atoms with Gasteiger partial charge in [-0.2, -0.15) is 0 Å². The van der Waals surface area contributed by atoms with Crippen LogP contribution in [0, 0.1) is 0 Å². The number of rotatable bonds is 5. The van der Waals surface area contributed by atoms with E-state index in [-0.39, 0.29) is 5.69 Å². The van der Waals surface area contributed by atoms with Gasteiger partial charge in [0.1, 0.15) is 17.2 Å². The molecule has 0 bridgehead atoms. The van der Waals surface area contributed by atoms with Crippen molar-refractivity contribution in [2.45, 2.75) is 0 Å². The molecule has 0 fully saturated rings. The fraction of sp³-hybridized carbons (Fsp3) is 0.0500. The number of pyridine rings is 1. The first-order valence-electron chi connectivity index (χ1n) is 7.68. The molecule has 0 aliphatic heterocycles. The van der Waals surface area contributed by atoms with Gasteiger partial charge in [0.25, 0.3) is 0 Å². The monoisotopic (exact) mass is 367 g/mol. The summed E-state index contributed by atoms with van der Waals surface area (Å²) in [5, 5.41) is 0.485. The van der Waals surface area contributed by atoms with E-state index >= 15 is 0 Å². The molecule has 3 rings (SSSR count). The molecule has 26 heavy (non-hydrogen) atoms. The number of methoxy groups -OCH3 is 1. The zero-order chi connectivity index (χ0) is 18.5. The van der Waals surface area contributed by atoms with Crippen molar-refractivity contribution in [3.8, 4) is 22.6 Å². The Kier molecular flexibility index (Phi) is 5.29. The molecular weight excluding hydrogens is 354 g/mol. The summed E-state index contributed by atoms with van der Waals surface area (Å²) in [6.45, 7) is 0. The van der Waals surface area contributed by atoms with E-state index in [1.54, 1.807) is 48.7 Å². The molecule has 0 aliphatic carbocycles. The van der Waals surface area contributed by atoms with Crippen LogP contribution < -0.4 is 4.74 Å². The molecule has 0 aliphatic rings. The van der Waals surface area contributed by atoms with Crippen LogP contribution in [0.15, 0.2) is 60.8 Å². The smallest absolute Gasteiger partial charge is 0.356 e. The Labute approximate surface area is 155 Å². The topological polar surface area (TPSA) is 65.5 Å². The number of carbonyl (C=O) groups is 2. The quantitative estimate of drug-likeness (QED) is 0.479. The molecule has 0 amide bonds. The van der Waals surface area contributed by atoms with Crippen molar-refractivity contribution >= 4 is 23.9 Å². The minimum Gasteiger partial charge on any atom is -0.464 e. The third kappa shape index (κ3) is 3.90. The molecule has 130 valence electrons. The minimum atomic E-state index is -0.479. The molecule has 0 atom stereocenters. The third-order valence-corrected chi connectivity index (χ3v) is 3.91. The number of carbonyl (C=O) groups excluding carboxylic acids is 2. The Bertz CT molecular complexity index is 937. The van der Waals surface area contributed by atoms with Crippen molar-refractivity contribution in [2.75, 3.05) is 7.11 Å². The summed E-state index contributed by atoms with van der Waals surface area (Å²) in [7, 11) is 1.31. The van der Waals surface area contributed by atoms with E-state index in [2.05, 4.69) is 9.72 Å². The first kappa shape index (κ1) is 17.6. The molecule has 0 radical (unpaired) electrons. The van der Waals surface area contributed by atoms with Crippen molar-refractivity contribution in [2.24, 2.45) is 0 Å². The first-order valence-corrected chi connectivity index (χ1v) is 8.06. The second-order valence-electron chi connectivity index (χ2n) is 5.35. The summed E-state index contributed by atoms with van der Waals surface area (Å²) in [4.78, 5) is 26.6. The number of ether oxygens (including phenoxy) is 2. The lowest BCUT2D eigenvalue weighted by Crippen LogP contribution is -2.03. The molecule has 0 saturated heterocycles. The summed E-state index contributed by atoms with van der Waals surface area (Å²) in [5.41, 5.74) is 2.42. The van der Waals surface area contributed by atoms with Gasteiger partial charge < -0.3 is 9.47 Å². The molecule has 6 heteroatoms. The molecular formula is C20H14ClNO4. The Hall–Kier alpha value is -3.18. The van der Waals surface area contributed by atoms with Crippen LogP contribution in [-0.2, 0) is 4.74 Å². The summed E-state index contributed by atoms with van der Waals surface area (Å²) in [6.07, 6.45) is 2.32. The lowest BCUT2D eigenvalue weighted by atomic mass is 10.1. The number of benzene rings is 2. The third-order valence-electron chi connectivity index (χ3n) is 3.68. The van der Waals surface area contributed by atoms with E-state index in [4.69, 9.17) is 16.3 Å². The summed E-state index contributed by atoms with van der Waals surface area (Å²) in [6, 6.07) is 15.5. The van der Waals surface area contributed by atoms with Crippen LogP contribution in [-0.4, -0.2) is 24.3 Å². The van der Waals surface area contributed by atoms with Gasteiger partial charge in [0.15, 0.2) is 6.29 Å². The Balaban J connectivity index is 1.80. The van der Waals surface area contributed by atoms with Gasteiger partial charge in [-0.15, -0.1) is 0 Å².